The molecule has 1 saturated carbocycles. The fraction of sp³-hybridized carbons (Fsp3) is 0.600. The van der Waals surface area contributed by atoms with Gasteiger partial charge in [-0.15, -0.1) is 0 Å². The number of amides is 1. The van der Waals surface area contributed by atoms with E-state index >= 15 is 0 Å². The van der Waals surface area contributed by atoms with E-state index in [0.717, 1.165) is 18.6 Å². The fourth-order valence-electron chi connectivity index (χ4n) is 2.68. The molecule has 3 N–H and O–H groups in total. The highest BCUT2D eigenvalue weighted by Crippen LogP contribution is 2.24. The molecule has 0 aliphatic heterocycles. The van der Waals surface area contributed by atoms with Crippen LogP contribution in [-0.2, 0) is 16.1 Å². The molecule has 1 aliphatic carbocycles. The van der Waals surface area contributed by atoms with Crippen molar-refractivity contribution in [3.8, 4) is 0 Å². The molecule has 21 heavy (non-hydrogen) atoms. The third-order valence-corrected chi connectivity index (χ3v) is 3.97. The normalized spacial score (nSPS) is 23.5. The van der Waals surface area contributed by atoms with Crippen molar-refractivity contribution in [2.45, 2.75) is 51.2 Å². The lowest BCUT2D eigenvalue weighted by Crippen LogP contribution is -2.47. The van der Waals surface area contributed by atoms with Gasteiger partial charge >= 0.3 is 5.97 Å². The van der Waals surface area contributed by atoms with Crippen molar-refractivity contribution in [1.29, 1.82) is 0 Å². The highest BCUT2D eigenvalue weighted by Gasteiger charge is 2.27. The van der Waals surface area contributed by atoms with E-state index in [-0.39, 0.29) is 23.9 Å². The lowest BCUT2D eigenvalue weighted by Gasteiger charge is -2.29. The number of carboxylic acid groups (broad SMARTS) is 1. The minimum Gasteiger partial charge on any atom is -0.481 e. The summed E-state index contributed by atoms with van der Waals surface area (Å²) in [6.07, 6.45) is 4.52. The van der Waals surface area contributed by atoms with Gasteiger partial charge in [0.15, 0.2) is 0 Å². The number of hydrogen-bond donors (Lipinski definition) is 3. The Morgan fingerprint density at radius 2 is 2.10 bits per heavy atom. The van der Waals surface area contributed by atoms with E-state index in [1.54, 1.807) is 12.3 Å². The summed E-state index contributed by atoms with van der Waals surface area (Å²) in [6, 6.07) is 3.51. The van der Waals surface area contributed by atoms with E-state index in [0.29, 0.717) is 19.4 Å². The summed E-state index contributed by atoms with van der Waals surface area (Å²) >= 11 is 0. The molecule has 0 bridgehead atoms. The third-order valence-electron chi connectivity index (χ3n) is 3.97. The highest BCUT2D eigenvalue weighted by molar-refractivity contribution is 5.81. The molecule has 1 atom stereocenters. The number of furan rings is 1. The number of carboxylic acids is 1. The molecule has 1 aliphatic rings. The zero-order valence-corrected chi connectivity index (χ0v) is 12.2. The van der Waals surface area contributed by atoms with Crippen LogP contribution in [0.2, 0.25) is 0 Å². The van der Waals surface area contributed by atoms with Crippen LogP contribution in [0.3, 0.4) is 0 Å². The van der Waals surface area contributed by atoms with Gasteiger partial charge in [0.25, 0.3) is 0 Å². The number of hydrogen-bond acceptors (Lipinski definition) is 4. The maximum absolute atomic E-state index is 12.0. The summed E-state index contributed by atoms with van der Waals surface area (Å²) in [5.74, 6) is -0.298. The first-order valence-electron chi connectivity index (χ1n) is 7.35. The number of carbonyl (C=O) groups is 2. The molecule has 6 heteroatoms. The summed E-state index contributed by atoms with van der Waals surface area (Å²) in [6.45, 7) is 2.20. The molecule has 0 radical (unpaired) electrons. The Morgan fingerprint density at radius 1 is 1.38 bits per heavy atom. The molecule has 1 heterocycles. The van der Waals surface area contributed by atoms with Crippen LogP contribution < -0.4 is 10.6 Å². The van der Waals surface area contributed by atoms with Crippen molar-refractivity contribution in [1.82, 2.24) is 10.6 Å². The van der Waals surface area contributed by atoms with Crippen LogP contribution in [0, 0.1) is 5.92 Å². The fourth-order valence-corrected chi connectivity index (χ4v) is 2.68. The van der Waals surface area contributed by atoms with Gasteiger partial charge in [0, 0.05) is 6.04 Å². The first-order chi connectivity index (χ1) is 10.1. The number of carbonyl (C=O) groups excluding carboxylic acids is 1. The standard InChI is InChI=1S/C15H22N2O4/c1-10(14(18)16-9-13-3-2-8-21-13)17-12-6-4-11(5-7-12)15(19)20/h2-3,8,10-12,17H,4-7,9H2,1H3,(H,16,18)(H,19,20). The minimum absolute atomic E-state index is 0.0771. The Morgan fingerprint density at radius 3 is 2.67 bits per heavy atom. The van der Waals surface area contributed by atoms with E-state index in [9.17, 15) is 9.59 Å². The molecule has 1 aromatic heterocycles. The van der Waals surface area contributed by atoms with Crippen LogP contribution in [0.5, 0.6) is 0 Å². The number of rotatable bonds is 6. The first-order valence-corrected chi connectivity index (χ1v) is 7.35. The Labute approximate surface area is 123 Å². The molecule has 0 saturated heterocycles. The van der Waals surface area contributed by atoms with Gasteiger partial charge in [-0.3, -0.25) is 9.59 Å². The van der Waals surface area contributed by atoms with Crippen molar-refractivity contribution in [2.75, 3.05) is 0 Å². The molecule has 0 spiro atoms. The Bertz CT molecular complexity index is 464. The Hall–Kier alpha value is -1.82. The molecule has 1 fully saturated rings. The maximum atomic E-state index is 12.0. The lowest BCUT2D eigenvalue weighted by atomic mass is 9.86. The van der Waals surface area contributed by atoms with Crippen LogP contribution in [-0.4, -0.2) is 29.1 Å². The Kier molecular flexibility index (Phi) is 5.38. The molecule has 2 rings (SSSR count). The van der Waals surface area contributed by atoms with E-state index < -0.39 is 5.97 Å². The van der Waals surface area contributed by atoms with E-state index in [2.05, 4.69) is 10.6 Å². The van der Waals surface area contributed by atoms with Crippen molar-refractivity contribution < 1.29 is 19.1 Å². The van der Waals surface area contributed by atoms with Gasteiger partial charge in [-0.25, -0.2) is 0 Å². The first kappa shape index (κ1) is 15.6. The summed E-state index contributed by atoms with van der Waals surface area (Å²) in [5, 5.41) is 15.0. The maximum Gasteiger partial charge on any atom is 0.306 e. The molecule has 0 aromatic carbocycles. The van der Waals surface area contributed by atoms with Crippen LogP contribution in [0.25, 0.3) is 0 Å². The van der Waals surface area contributed by atoms with Crippen LogP contribution in [0.15, 0.2) is 22.8 Å². The highest BCUT2D eigenvalue weighted by atomic mass is 16.4. The topological polar surface area (TPSA) is 91.6 Å². The zero-order chi connectivity index (χ0) is 15.2. The Balaban J connectivity index is 1.70. The lowest BCUT2D eigenvalue weighted by molar-refractivity contribution is -0.143. The van der Waals surface area contributed by atoms with Gasteiger partial charge in [-0.05, 0) is 44.7 Å². The molecule has 6 nitrogen and oxygen atoms in total. The van der Waals surface area contributed by atoms with Gasteiger partial charge in [-0.2, -0.15) is 0 Å². The molecule has 1 unspecified atom stereocenters. The zero-order valence-electron chi connectivity index (χ0n) is 12.2. The summed E-state index contributed by atoms with van der Waals surface area (Å²) in [7, 11) is 0. The van der Waals surface area contributed by atoms with Gasteiger partial charge < -0.3 is 20.2 Å². The quantitative estimate of drug-likeness (QED) is 0.740. The summed E-state index contributed by atoms with van der Waals surface area (Å²) in [5.41, 5.74) is 0. The summed E-state index contributed by atoms with van der Waals surface area (Å²) < 4.78 is 5.16. The van der Waals surface area contributed by atoms with E-state index in [1.807, 2.05) is 13.0 Å². The predicted molar refractivity (Wildman–Crippen MR) is 76.5 cm³/mol. The van der Waals surface area contributed by atoms with Crippen molar-refractivity contribution in [2.24, 2.45) is 5.92 Å². The van der Waals surface area contributed by atoms with Crippen LogP contribution >= 0.6 is 0 Å². The van der Waals surface area contributed by atoms with Crippen LogP contribution in [0.1, 0.15) is 38.4 Å². The second-order valence-corrected chi connectivity index (χ2v) is 5.57. The van der Waals surface area contributed by atoms with Gasteiger partial charge in [0.05, 0.1) is 24.8 Å². The predicted octanol–water partition coefficient (Wildman–Crippen LogP) is 1.52. The monoisotopic (exact) mass is 294 g/mol. The molecule has 116 valence electrons. The van der Waals surface area contributed by atoms with Crippen LogP contribution in [0.4, 0.5) is 0 Å². The van der Waals surface area contributed by atoms with Gasteiger partial charge in [0.1, 0.15) is 5.76 Å². The van der Waals surface area contributed by atoms with Gasteiger partial charge in [-0.1, -0.05) is 0 Å². The number of nitrogens with one attached hydrogen (secondary N) is 2. The van der Waals surface area contributed by atoms with Crippen molar-refractivity contribution >= 4 is 11.9 Å². The molecular weight excluding hydrogens is 272 g/mol. The third kappa shape index (κ3) is 4.60. The average molecular weight is 294 g/mol. The van der Waals surface area contributed by atoms with E-state index in [1.165, 1.54) is 0 Å². The smallest absolute Gasteiger partial charge is 0.306 e. The average Bonchev–Trinajstić information content (AvgIpc) is 2.98. The second kappa shape index (κ2) is 7.26. The van der Waals surface area contributed by atoms with Gasteiger partial charge in [0.2, 0.25) is 5.91 Å². The molecular formula is C15H22N2O4. The summed E-state index contributed by atoms with van der Waals surface area (Å²) in [4.78, 5) is 22.9. The molecule has 1 aromatic rings. The van der Waals surface area contributed by atoms with E-state index in [4.69, 9.17) is 9.52 Å². The second-order valence-electron chi connectivity index (χ2n) is 5.57. The van der Waals surface area contributed by atoms with Crippen molar-refractivity contribution in [3.05, 3.63) is 24.2 Å². The largest absolute Gasteiger partial charge is 0.481 e. The minimum atomic E-state index is -0.710. The van der Waals surface area contributed by atoms with Crippen molar-refractivity contribution in [3.63, 3.8) is 0 Å². The SMILES string of the molecule is CC(NC1CCC(C(=O)O)CC1)C(=O)NCc1ccco1. The number of aliphatic carboxylic acids is 1. The molecule has 1 amide bonds.